The van der Waals surface area contributed by atoms with Crippen molar-refractivity contribution in [1.82, 2.24) is 22.4 Å². The number of imidazole rings is 2. The molecular formula is C22H27N5O3S. The van der Waals surface area contributed by atoms with Crippen molar-refractivity contribution in [3.05, 3.63) is 64.8 Å². The van der Waals surface area contributed by atoms with Crippen LogP contribution in [0, 0.1) is 5.92 Å². The van der Waals surface area contributed by atoms with Crippen LogP contribution in [0.15, 0.2) is 53.3 Å². The van der Waals surface area contributed by atoms with Crippen molar-refractivity contribution in [1.29, 1.82) is 0 Å². The van der Waals surface area contributed by atoms with Crippen LogP contribution in [0.5, 0.6) is 0 Å². The van der Waals surface area contributed by atoms with Gasteiger partial charge in [0.1, 0.15) is 5.82 Å². The number of para-hydroxylation sites is 4. The molecule has 2 heterocycles. The van der Waals surface area contributed by atoms with Gasteiger partial charge in [-0.3, -0.25) is 4.57 Å². The summed E-state index contributed by atoms with van der Waals surface area (Å²) in [6.45, 7) is 5.30. The van der Waals surface area contributed by atoms with Crippen molar-refractivity contribution in [2.75, 3.05) is 14.1 Å². The zero-order valence-electron chi connectivity index (χ0n) is 18.2. The molecule has 0 aliphatic heterocycles. The molecular weight excluding hydrogens is 414 g/mol. The summed E-state index contributed by atoms with van der Waals surface area (Å²) in [6, 6.07) is 14.8. The quantitative estimate of drug-likeness (QED) is 0.442. The Morgan fingerprint density at radius 2 is 1.55 bits per heavy atom. The molecule has 0 amide bonds. The SMILES string of the molecule is CC(C)CCn1c(Cn2c(=O)n(S(=O)(=O)N(C)C)c3ccccc32)nc2ccccc21. The average molecular weight is 442 g/mol. The molecule has 0 unspecified atom stereocenters. The zero-order chi connectivity index (χ0) is 22.3. The van der Waals surface area contributed by atoms with Crippen LogP contribution in [-0.4, -0.2) is 44.9 Å². The van der Waals surface area contributed by atoms with Crippen LogP contribution in [0.4, 0.5) is 0 Å². The third-order valence-corrected chi connectivity index (χ3v) is 7.19. The molecule has 2 aromatic carbocycles. The molecule has 0 fully saturated rings. The lowest BCUT2D eigenvalue weighted by molar-refractivity contribution is 0.503. The maximum Gasteiger partial charge on any atom is 0.344 e. The Morgan fingerprint density at radius 3 is 2.19 bits per heavy atom. The Kier molecular flexibility index (Phi) is 5.49. The largest absolute Gasteiger partial charge is 0.344 e. The molecule has 0 N–H and O–H groups in total. The van der Waals surface area contributed by atoms with E-state index in [0.717, 1.165) is 38.1 Å². The predicted octanol–water partition coefficient (Wildman–Crippen LogP) is 2.90. The zero-order valence-corrected chi connectivity index (χ0v) is 19.0. The van der Waals surface area contributed by atoms with Gasteiger partial charge in [0.15, 0.2) is 0 Å². The van der Waals surface area contributed by atoms with E-state index in [1.165, 1.54) is 18.7 Å². The van der Waals surface area contributed by atoms with Gasteiger partial charge >= 0.3 is 15.9 Å². The van der Waals surface area contributed by atoms with Gasteiger partial charge in [0.2, 0.25) is 0 Å². The minimum Gasteiger partial charge on any atom is -0.326 e. The Labute approximate surface area is 181 Å². The van der Waals surface area contributed by atoms with Crippen LogP contribution in [0.25, 0.3) is 22.1 Å². The van der Waals surface area contributed by atoms with Gasteiger partial charge in [-0.15, -0.1) is 0 Å². The van der Waals surface area contributed by atoms with Crippen molar-refractivity contribution >= 4 is 32.3 Å². The lowest BCUT2D eigenvalue weighted by atomic mass is 10.1. The van der Waals surface area contributed by atoms with Crippen molar-refractivity contribution in [2.24, 2.45) is 5.92 Å². The number of fused-ring (bicyclic) bond motifs is 2. The lowest BCUT2D eigenvalue weighted by Crippen LogP contribution is -2.37. The summed E-state index contributed by atoms with van der Waals surface area (Å²) >= 11 is 0. The summed E-state index contributed by atoms with van der Waals surface area (Å²) in [7, 11) is -1.14. The third-order valence-electron chi connectivity index (χ3n) is 5.45. The fourth-order valence-corrected chi connectivity index (χ4v) is 4.77. The minimum atomic E-state index is -3.97. The summed E-state index contributed by atoms with van der Waals surface area (Å²) in [5, 5.41) is 0. The van der Waals surface area contributed by atoms with E-state index < -0.39 is 15.9 Å². The topological polar surface area (TPSA) is 82.1 Å². The number of benzene rings is 2. The van der Waals surface area contributed by atoms with Crippen LogP contribution < -0.4 is 5.69 Å². The molecule has 0 bridgehead atoms. The highest BCUT2D eigenvalue weighted by Crippen LogP contribution is 2.21. The Bertz CT molecular complexity index is 1410. The van der Waals surface area contributed by atoms with Gasteiger partial charge in [0.25, 0.3) is 0 Å². The summed E-state index contributed by atoms with van der Waals surface area (Å²) < 4.78 is 31.3. The summed E-state index contributed by atoms with van der Waals surface area (Å²) in [5.41, 5.74) is 2.18. The molecule has 4 rings (SSSR count). The maximum absolute atomic E-state index is 13.3. The number of nitrogens with zero attached hydrogens (tertiary/aromatic N) is 5. The molecule has 0 saturated carbocycles. The average Bonchev–Trinajstić information content (AvgIpc) is 3.21. The van der Waals surface area contributed by atoms with Crippen LogP contribution >= 0.6 is 0 Å². The van der Waals surface area contributed by atoms with Gasteiger partial charge in [0.05, 0.1) is 28.6 Å². The first-order valence-electron chi connectivity index (χ1n) is 10.3. The molecule has 0 saturated heterocycles. The second kappa shape index (κ2) is 7.97. The van der Waals surface area contributed by atoms with Crippen LogP contribution in [-0.2, 0) is 23.3 Å². The van der Waals surface area contributed by atoms with Crippen LogP contribution in [0.2, 0.25) is 0 Å². The molecule has 4 aromatic rings. The lowest BCUT2D eigenvalue weighted by Gasteiger charge is -2.12. The molecule has 0 radical (unpaired) electrons. The number of rotatable bonds is 7. The van der Waals surface area contributed by atoms with Crippen molar-refractivity contribution < 1.29 is 8.42 Å². The first kappa shape index (κ1) is 21.3. The highest BCUT2D eigenvalue weighted by atomic mass is 32.2. The first-order valence-corrected chi connectivity index (χ1v) is 11.7. The molecule has 9 heteroatoms. The molecule has 0 aliphatic rings. The Balaban J connectivity index is 1.91. The smallest absolute Gasteiger partial charge is 0.326 e. The van der Waals surface area contributed by atoms with E-state index in [4.69, 9.17) is 4.98 Å². The highest BCUT2D eigenvalue weighted by molar-refractivity contribution is 7.87. The van der Waals surface area contributed by atoms with Crippen molar-refractivity contribution in [3.63, 3.8) is 0 Å². The highest BCUT2D eigenvalue weighted by Gasteiger charge is 2.26. The minimum absolute atomic E-state index is 0.183. The van der Waals surface area contributed by atoms with E-state index in [-0.39, 0.29) is 6.54 Å². The standard InChI is InChI=1S/C22H27N5O3S/c1-16(2)13-14-25-18-10-6-5-9-17(18)23-21(25)15-26-19-11-7-8-12-20(19)27(22(26)28)31(29,30)24(3)4/h5-12,16H,13-15H2,1-4H3. The third kappa shape index (κ3) is 3.68. The fraction of sp³-hybridized carbons (Fsp3) is 0.364. The summed E-state index contributed by atoms with van der Waals surface area (Å²) in [5.74, 6) is 1.25. The van der Waals surface area contributed by atoms with Crippen molar-refractivity contribution in [3.8, 4) is 0 Å². The van der Waals surface area contributed by atoms with Gasteiger partial charge in [0, 0.05) is 20.6 Å². The Hall–Kier alpha value is -2.91. The number of aromatic nitrogens is 4. The van der Waals surface area contributed by atoms with E-state index in [0.29, 0.717) is 17.0 Å². The van der Waals surface area contributed by atoms with E-state index in [1.807, 2.05) is 24.3 Å². The number of hydrogen-bond donors (Lipinski definition) is 0. The van der Waals surface area contributed by atoms with Crippen LogP contribution in [0.3, 0.4) is 0 Å². The van der Waals surface area contributed by atoms with Crippen LogP contribution in [0.1, 0.15) is 26.1 Å². The number of hydrogen-bond acceptors (Lipinski definition) is 4. The monoisotopic (exact) mass is 441 g/mol. The van der Waals surface area contributed by atoms with Gasteiger partial charge in [-0.05, 0) is 36.6 Å². The van der Waals surface area contributed by atoms with Gasteiger partial charge in [-0.2, -0.15) is 16.7 Å². The summed E-state index contributed by atoms with van der Waals surface area (Å²) in [6.07, 6.45) is 0.971. The van der Waals surface area contributed by atoms with Crippen molar-refractivity contribution in [2.45, 2.75) is 33.4 Å². The molecule has 2 aromatic heterocycles. The van der Waals surface area contributed by atoms with E-state index in [9.17, 15) is 13.2 Å². The summed E-state index contributed by atoms with van der Waals surface area (Å²) in [4.78, 5) is 18.1. The predicted molar refractivity (Wildman–Crippen MR) is 122 cm³/mol. The molecule has 164 valence electrons. The normalized spacial score (nSPS) is 12.6. The van der Waals surface area contributed by atoms with E-state index >= 15 is 0 Å². The number of aryl methyl sites for hydroxylation is 1. The second-order valence-corrected chi connectivity index (χ2v) is 10.3. The van der Waals surface area contributed by atoms with E-state index in [2.05, 4.69) is 18.4 Å². The first-order chi connectivity index (χ1) is 14.7. The Morgan fingerprint density at radius 1 is 0.935 bits per heavy atom. The van der Waals surface area contributed by atoms with Gasteiger partial charge in [-0.1, -0.05) is 38.1 Å². The maximum atomic E-state index is 13.3. The molecule has 8 nitrogen and oxygen atoms in total. The van der Waals surface area contributed by atoms with Gasteiger partial charge < -0.3 is 4.57 Å². The fourth-order valence-electron chi connectivity index (χ4n) is 3.74. The van der Waals surface area contributed by atoms with E-state index in [1.54, 1.807) is 24.3 Å². The second-order valence-electron chi connectivity index (χ2n) is 8.26. The molecule has 31 heavy (non-hydrogen) atoms. The van der Waals surface area contributed by atoms with Gasteiger partial charge in [-0.25, -0.2) is 9.78 Å². The molecule has 0 spiro atoms. The molecule has 0 aliphatic carbocycles. The molecule has 0 atom stereocenters.